The van der Waals surface area contributed by atoms with Crippen LogP contribution in [0.25, 0.3) is 27.8 Å². The second-order valence-electron chi connectivity index (χ2n) is 10.9. The van der Waals surface area contributed by atoms with Crippen molar-refractivity contribution in [1.29, 1.82) is 0 Å². The van der Waals surface area contributed by atoms with E-state index < -0.39 is 17.6 Å². The van der Waals surface area contributed by atoms with Gasteiger partial charge in [-0.15, -0.1) is 0 Å². The summed E-state index contributed by atoms with van der Waals surface area (Å²) in [6.45, 7) is 7.43. The summed E-state index contributed by atoms with van der Waals surface area (Å²) in [5, 5.41) is 6.13. The van der Waals surface area contributed by atoms with Crippen molar-refractivity contribution in [3.63, 3.8) is 0 Å². The summed E-state index contributed by atoms with van der Waals surface area (Å²) in [4.78, 5) is 8.84. The van der Waals surface area contributed by atoms with Gasteiger partial charge in [-0.25, -0.2) is 14.1 Å². The Morgan fingerprint density at radius 1 is 1.12 bits per heavy atom. The van der Waals surface area contributed by atoms with E-state index in [1.54, 1.807) is 4.90 Å². The third-order valence-electron chi connectivity index (χ3n) is 7.94. The van der Waals surface area contributed by atoms with Crippen LogP contribution in [-0.4, -0.2) is 32.9 Å². The van der Waals surface area contributed by atoms with Crippen LogP contribution in [-0.2, 0) is 19.1 Å². The predicted molar refractivity (Wildman–Crippen MR) is 154 cm³/mol. The van der Waals surface area contributed by atoms with E-state index in [0.717, 1.165) is 51.1 Å². The van der Waals surface area contributed by atoms with Crippen LogP contribution < -0.4 is 9.64 Å². The number of rotatable bonds is 7. The summed E-state index contributed by atoms with van der Waals surface area (Å²) in [7, 11) is 0. The van der Waals surface area contributed by atoms with Crippen LogP contribution >= 0.6 is 0 Å². The molecule has 1 aliphatic rings. The van der Waals surface area contributed by atoms with Crippen molar-refractivity contribution in [1.82, 2.24) is 19.7 Å². The van der Waals surface area contributed by atoms with Crippen molar-refractivity contribution in [2.24, 2.45) is 5.92 Å². The van der Waals surface area contributed by atoms with Crippen molar-refractivity contribution in [2.75, 3.05) is 18.1 Å². The van der Waals surface area contributed by atoms with Gasteiger partial charge in [0.1, 0.15) is 11.4 Å². The average molecular weight is 578 g/mol. The first-order valence-corrected chi connectivity index (χ1v) is 14.0. The van der Waals surface area contributed by atoms with E-state index >= 15 is 4.39 Å². The molecular formula is C32H31F4N5O. The smallest absolute Gasteiger partial charge is 0.417 e. The van der Waals surface area contributed by atoms with Gasteiger partial charge in [0.05, 0.1) is 23.6 Å². The van der Waals surface area contributed by atoms with Gasteiger partial charge in [0.2, 0.25) is 0 Å². The van der Waals surface area contributed by atoms with Crippen molar-refractivity contribution in [2.45, 2.75) is 46.3 Å². The van der Waals surface area contributed by atoms with Crippen LogP contribution in [0, 0.1) is 18.7 Å². The van der Waals surface area contributed by atoms with Gasteiger partial charge in [-0.05, 0) is 48.1 Å². The molecule has 1 unspecified atom stereocenters. The van der Waals surface area contributed by atoms with Crippen molar-refractivity contribution < 1.29 is 22.3 Å². The topological polar surface area (TPSA) is 59.0 Å². The molecule has 0 saturated heterocycles. The van der Waals surface area contributed by atoms with Gasteiger partial charge < -0.3 is 14.6 Å². The number of benzene rings is 2. The number of nitrogens with zero attached hydrogens (tertiary/aromatic N) is 4. The van der Waals surface area contributed by atoms with Crippen LogP contribution in [0.1, 0.15) is 42.7 Å². The molecule has 6 nitrogen and oxygen atoms in total. The second kappa shape index (κ2) is 10.8. The van der Waals surface area contributed by atoms with E-state index in [0.29, 0.717) is 43.5 Å². The zero-order valence-corrected chi connectivity index (χ0v) is 23.6. The molecule has 0 radical (unpaired) electrons. The number of ether oxygens (including phenoxy) is 1. The first-order valence-electron chi connectivity index (χ1n) is 14.0. The lowest BCUT2D eigenvalue weighted by molar-refractivity contribution is -0.138. The molecular weight excluding hydrogens is 546 g/mol. The number of aryl methyl sites for hydroxylation is 1. The van der Waals surface area contributed by atoms with E-state index in [4.69, 9.17) is 9.84 Å². The molecule has 3 aromatic heterocycles. The maximum Gasteiger partial charge on any atom is 0.417 e. The van der Waals surface area contributed by atoms with E-state index in [-0.39, 0.29) is 12.4 Å². The number of fused-ring (bicyclic) bond motifs is 2. The maximum absolute atomic E-state index is 15.0. The number of alkyl halides is 3. The summed E-state index contributed by atoms with van der Waals surface area (Å²) in [5.41, 5.74) is 5.07. The molecule has 0 spiro atoms. The van der Waals surface area contributed by atoms with Gasteiger partial charge >= 0.3 is 6.18 Å². The molecule has 0 aliphatic carbocycles. The number of anilines is 1. The quantitative estimate of drug-likeness (QED) is 0.200. The molecule has 6 rings (SSSR count). The van der Waals surface area contributed by atoms with Gasteiger partial charge in [-0.2, -0.15) is 18.3 Å². The molecule has 1 N–H and O–H groups in total. The average Bonchev–Trinajstić information content (AvgIpc) is 3.59. The van der Waals surface area contributed by atoms with Crippen molar-refractivity contribution >= 4 is 16.7 Å². The molecule has 10 heteroatoms. The van der Waals surface area contributed by atoms with E-state index in [1.165, 1.54) is 0 Å². The largest absolute Gasteiger partial charge is 0.491 e. The highest BCUT2D eigenvalue weighted by molar-refractivity contribution is 5.85. The Bertz CT molecular complexity index is 1760. The fourth-order valence-corrected chi connectivity index (χ4v) is 5.40. The minimum absolute atomic E-state index is 0.111. The van der Waals surface area contributed by atoms with Gasteiger partial charge in [-0.3, -0.25) is 0 Å². The highest BCUT2D eigenvalue weighted by Crippen LogP contribution is 2.39. The van der Waals surface area contributed by atoms with E-state index in [1.807, 2.05) is 54.2 Å². The number of hydrogen-bond donors (Lipinski definition) is 1. The summed E-state index contributed by atoms with van der Waals surface area (Å²) in [6, 6.07) is 14.5. The monoisotopic (exact) mass is 577 g/mol. The zero-order valence-electron chi connectivity index (χ0n) is 23.6. The summed E-state index contributed by atoms with van der Waals surface area (Å²) in [6.07, 6.45) is -0.648. The third-order valence-corrected chi connectivity index (χ3v) is 7.94. The second-order valence-corrected chi connectivity index (χ2v) is 10.9. The summed E-state index contributed by atoms with van der Waals surface area (Å²) < 4.78 is 62.8. The predicted octanol–water partition coefficient (Wildman–Crippen LogP) is 7.87. The SMILES string of the molecule is CCC(C)COc1cccc(C)c1-n1nc2c(c1-c1ccc3cc[nH]c3c1)CN(c1ncc(C(F)(F)F)cc1F)CC2. The van der Waals surface area contributed by atoms with Gasteiger partial charge in [0.25, 0.3) is 0 Å². The molecule has 0 bridgehead atoms. The standard InChI is InChI=1S/C32H31F4N5O/c1-4-19(2)18-42-28-7-5-6-20(3)29(28)41-30(22-9-8-21-10-12-37-27(21)14-22)24-17-40(13-11-26(24)39-41)31-25(33)15-23(16-38-31)32(34,35)36/h5-10,12,14-16,19,37H,4,11,13,17-18H2,1-3H3. The van der Waals surface area contributed by atoms with Crippen LogP contribution in [0.2, 0.25) is 0 Å². The van der Waals surface area contributed by atoms with Gasteiger partial charge in [0.15, 0.2) is 11.6 Å². The fraction of sp³-hybridized carbons (Fsp3) is 0.312. The Balaban J connectivity index is 1.49. The minimum atomic E-state index is -4.67. The number of H-pyrrole nitrogens is 1. The molecule has 5 aromatic rings. The van der Waals surface area contributed by atoms with Gasteiger partial charge in [-0.1, -0.05) is 44.5 Å². The van der Waals surface area contributed by atoms with Crippen molar-refractivity contribution in [3.05, 3.63) is 89.1 Å². The number of aromatic amines is 1. The van der Waals surface area contributed by atoms with Crippen LogP contribution in [0.4, 0.5) is 23.4 Å². The normalized spacial score (nSPS) is 14.3. The number of nitrogens with one attached hydrogen (secondary N) is 1. The van der Waals surface area contributed by atoms with Crippen molar-refractivity contribution in [3.8, 4) is 22.7 Å². The van der Waals surface area contributed by atoms with Crippen LogP contribution in [0.5, 0.6) is 5.75 Å². The molecule has 1 aliphatic heterocycles. The fourth-order valence-electron chi connectivity index (χ4n) is 5.40. The molecule has 4 heterocycles. The van der Waals surface area contributed by atoms with Gasteiger partial charge in [0, 0.05) is 48.5 Å². The highest BCUT2D eigenvalue weighted by Gasteiger charge is 2.34. The van der Waals surface area contributed by atoms with E-state index in [2.05, 4.69) is 29.9 Å². The minimum Gasteiger partial charge on any atom is -0.491 e. The summed E-state index contributed by atoms with van der Waals surface area (Å²) in [5.74, 6) is -0.0291. The first-order chi connectivity index (χ1) is 20.1. The maximum atomic E-state index is 15.0. The Morgan fingerprint density at radius 2 is 1.95 bits per heavy atom. The molecule has 0 fully saturated rings. The third kappa shape index (κ3) is 5.10. The first kappa shape index (κ1) is 27.8. The highest BCUT2D eigenvalue weighted by atomic mass is 19.4. The molecule has 2 aromatic carbocycles. The number of halogens is 4. The lowest BCUT2D eigenvalue weighted by Gasteiger charge is -2.28. The number of para-hydroxylation sites is 1. The van der Waals surface area contributed by atoms with Crippen LogP contribution in [0.3, 0.4) is 0 Å². The Hall–Kier alpha value is -4.34. The number of pyridine rings is 1. The van der Waals surface area contributed by atoms with Crippen LogP contribution in [0.15, 0.2) is 60.9 Å². The number of aromatic nitrogens is 4. The Labute approximate surface area is 240 Å². The zero-order chi connectivity index (χ0) is 29.6. The summed E-state index contributed by atoms with van der Waals surface area (Å²) >= 11 is 0. The number of hydrogen-bond acceptors (Lipinski definition) is 4. The molecule has 1 atom stereocenters. The lowest BCUT2D eigenvalue weighted by Crippen LogP contribution is -2.32. The molecule has 218 valence electrons. The Morgan fingerprint density at radius 3 is 2.71 bits per heavy atom. The molecule has 0 saturated carbocycles. The van der Waals surface area contributed by atoms with E-state index in [9.17, 15) is 13.2 Å². The molecule has 0 amide bonds. The molecule has 42 heavy (non-hydrogen) atoms. The Kier molecular flexibility index (Phi) is 7.16. The lowest BCUT2D eigenvalue weighted by atomic mass is 9.99.